The Morgan fingerprint density at radius 2 is 2.08 bits per heavy atom. The van der Waals surface area contributed by atoms with Gasteiger partial charge in [0.15, 0.2) is 0 Å². The molecule has 0 bridgehead atoms. The van der Waals surface area contributed by atoms with Crippen molar-refractivity contribution in [2.45, 2.75) is 51.5 Å². The van der Waals surface area contributed by atoms with Gasteiger partial charge in [-0.25, -0.2) is 4.98 Å². The van der Waals surface area contributed by atoms with Gasteiger partial charge in [-0.3, -0.25) is 9.78 Å². The van der Waals surface area contributed by atoms with Crippen LogP contribution in [-0.2, 0) is 6.42 Å². The smallest absolute Gasteiger partial charge is 0.279 e. The zero-order valence-electron chi connectivity index (χ0n) is 22.3. The van der Waals surface area contributed by atoms with Crippen LogP contribution in [0.5, 0.6) is 16.7 Å². The minimum absolute atomic E-state index is 0.108. The van der Waals surface area contributed by atoms with E-state index in [9.17, 15) is 4.79 Å². The highest BCUT2D eigenvalue weighted by atomic mass is 35.5. The van der Waals surface area contributed by atoms with Crippen molar-refractivity contribution < 1.29 is 14.3 Å². The predicted molar refractivity (Wildman–Crippen MR) is 156 cm³/mol. The molecule has 1 saturated carbocycles. The van der Waals surface area contributed by atoms with Gasteiger partial charge in [-0.1, -0.05) is 29.0 Å². The van der Waals surface area contributed by atoms with Crippen LogP contribution < -0.4 is 14.8 Å². The number of ether oxygens (including phenoxy) is 2. The number of carbonyl (C=O) groups is 1. The Kier molecular flexibility index (Phi) is 9.50. The monoisotopic (exact) mass is 566 g/mol. The second-order valence-electron chi connectivity index (χ2n) is 10.3. The number of amides is 1. The summed E-state index contributed by atoms with van der Waals surface area (Å²) in [5.74, 6) is 1.86. The van der Waals surface area contributed by atoms with Crippen LogP contribution in [0.1, 0.15) is 60.0 Å². The molecule has 3 heterocycles. The number of hydrogen-bond acceptors (Lipinski definition) is 7. The summed E-state index contributed by atoms with van der Waals surface area (Å²) in [4.78, 5) is 25.0. The van der Waals surface area contributed by atoms with Crippen LogP contribution in [0.4, 0.5) is 0 Å². The van der Waals surface area contributed by atoms with Gasteiger partial charge in [-0.15, -0.1) is 0 Å². The lowest BCUT2D eigenvalue weighted by atomic mass is 10.1. The molecule has 2 aromatic heterocycles. The lowest BCUT2D eigenvalue weighted by molar-refractivity contribution is 0.0947. The number of carbonyl (C=O) groups excluding carboxylic acids is 1. The van der Waals surface area contributed by atoms with E-state index >= 15 is 0 Å². The normalized spacial score (nSPS) is 16.5. The number of nitrogens with zero attached hydrogens (tertiary/aromatic N) is 3. The van der Waals surface area contributed by atoms with Crippen LogP contribution >= 0.6 is 22.9 Å². The van der Waals surface area contributed by atoms with Crippen molar-refractivity contribution in [1.29, 1.82) is 0 Å². The highest BCUT2D eigenvalue weighted by Gasteiger charge is 2.22. The summed E-state index contributed by atoms with van der Waals surface area (Å²) in [7, 11) is 0. The maximum Gasteiger partial charge on any atom is 0.279 e. The fraction of sp³-hybridized carbons (Fsp3) is 0.433. The first-order chi connectivity index (χ1) is 19.0. The molecule has 0 unspecified atom stereocenters. The van der Waals surface area contributed by atoms with Crippen molar-refractivity contribution in [3.8, 4) is 16.7 Å². The molecular weight excluding hydrogens is 532 g/mol. The van der Waals surface area contributed by atoms with Gasteiger partial charge in [-0.2, -0.15) is 0 Å². The topological polar surface area (TPSA) is 76.6 Å². The molecule has 0 radical (unpaired) electrons. The summed E-state index contributed by atoms with van der Waals surface area (Å²) < 4.78 is 11.7. The van der Waals surface area contributed by atoms with E-state index < -0.39 is 0 Å². The maximum absolute atomic E-state index is 12.8. The number of thiazole rings is 1. The lowest BCUT2D eigenvalue weighted by Crippen LogP contribution is -2.31. The summed E-state index contributed by atoms with van der Waals surface area (Å²) in [6, 6.07) is 8.95. The minimum atomic E-state index is -0.159. The van der Waals surface area contributed by atoms with Crippen LogP contribution in [-0.4, -0.2) is 53.1 Å². The van der Waals surface area contributed by atoms with E-state index in [1.807, 2.05) is 31.2 Å². The van der Waals surface area contributed by atoms with Crippen molar-refractivity contribution >= 4 is 34.9 Å². The third kappa shape index (κ3) is 8.52. The van der Waals surface area contributed by atoms with E-state index in [0.29, 0.717) is 27.4 Å². The number of aryl methyl sites for hydroxylation is 1. The average molecular weight is 567 g/mol. The molecule has 1 aliphatic carbocycles. The first-order valence-electron chi connectivity index (χ1n) is 13.7. The van der Waals surface area contributed by atoms with Crippen molar-refractivity contribution in [1.82, 2.24) is 20.2 Å². The highest BCUT2D eigenvalue weighted by Crippen LogP contribution is 2.35. The van der Waals surface area contributed by atoms with Crippen LogP contribution in [0, 0.1) is 5.92 Å². The first-order valence-corrected chi connectivity index (χ1v) is 14.9. The van der Waals surface area contributed by atoms with Crippen molar-refractivity contribution in [3.63, 3.8) is 0 Å². The third-order valence-corrected chi connectivity index (χ3v) is 8.01. The second kappa shape index (κ2) is 13.4. The molecule has 2 fully saturated rings. The Bertz CT molecular complexity index is 1290. The summed E-state index contributed by atoms with van der Waals surface area (Å²) in [5, 5.41) is 4.02. The van der Waals surface area contributed by atoms with E-state index in [-0.39, 0.29) is 11.9 Å². The molecule has 3 aromatic rings. The number of benzene rings is 1. The number of hydrogen-bond donors (Lipinski definition) is 1. The largest absolute Gasteiger partial charge is 0.493 e. The minimum Gasteiger partial charge on any atom is -0.493 e. The number of rotatable bonds is 13. The van der Waals surface area contributed by atoms with Gasteiger partial charge in [-0.05, 0) is 101 Å². The second-order valence-corrected chi connectivity index (χ2v) is 11.7. The van der Waals surface area contributed by atoms with E-state index in [2.05, 4.69) is 20.2 Å². The SMILES string of the molecule is C[C@@H](/C=C/c1cnc(Oc2ccc(OCC3CC3)cc2Cl)s1)NC(=O)c1ccnc(CCCN2CCCC2)c1. The zero-order chi connectivity index (χ0) is 27.0. The summed E-state index contributed by atoms with van der Waals surface area (Å²) >= 11 is 7.80. The molecule has 1 amide bonds. The van der Waals surface area contributed by atoms with Crippen molar-refractivity contribution in [2.24, 2.45) is 5.92 Å². The van der Waals surface area contributed by atoms with E-state index in [0.717, 1.165) is 42.3 Å². The molecule has 7 nitrogen and oxygen atoms in total. The summed E-state index contributed by atoms with van der Waals surface area (Å²) in [5.41, 5.74) is 1.60. The Hall–Kier alpha value is -2.94. The molecule has 39 heavy (non-hydrogen) atoms. The molecular formula is C30H35ClN4O3S. The molecule has 1 N–H and O–H groups in total. The highest BCUT2D eigenvalue weighted by molar-refractivity contribution is 7.14. The third-order valence-electron chi connectivity index (χ3n) is 6.88. The Morgan fingerprint density at radius 1 is 1.23 bits per heavy atom. The lowest BCUT2D eigenvalue weighted by Gasteiger charge is -2.14. The molecule has 1 saturated heterocycles. The molecule has 0 spiro atoms. The molecule has 9 heteroatoms. The molecule has 2 aliphatic rings. The van der Waals surface area contributed by atoms with E-state index in [1.54, 1.807) is 30.6 Å². The van der Waals surface area contributed by atoms with Gasteiger partial charge in [0.1, 0.15) is 11.5 Å². The van der Waals surface area contributed by atoms with Gasteiger partial charge < -0.3 is 19.7 Å². The number of halogens is 1. The van der Waals surface area contributed by atoms with Gasteiger partial charge in [0.25, 0.3) is 11.1 Å². The van der Waals surface area contributed by atoms with Crippen LogP contribution in [0.15, 0.2) is 48.8 Å². The van der Waals surface area contributed by atoms with Crippen molar-refractivity contribution in [3.05, 3.63) is 70.0 Å². The van der Waals surface area contributed by atoms with Crippen LogP contribution in [0.3, 0.4) is 0 Å². The number of nitrogens with one attached hydrogen (secondary N) is 1. The Morgan fingerprint density at radius 3 is 2.87 bits per heavy atom. The quantitative estimate of drug-likeness (QED) is 0.250. The summed E-state index contributed by atoms with van der Waals surface area (Å²) in [6.07, 6.45) is 14.4. The fourth-order valence-electron chi connectivity index (χ4n) is 4.46. The molecule has 1 atom stereocenters. The first kappa shape index (κ1) is 27.6. The molecule has 1 aliphatic heterocycles. The van der Waals surface area contributed by atoms with Crippen LogP contribution in [0.2, 0.25) is 5.02 Å². The van der Waals surface area contributed by atoms with Gasteiger partial charge >= 0.3 is 0 Å². The zero-order valence-corrected chi connectivity index (χ0v) is 23.8. The number of pyridine rings is 1. The van der Waals surface area contributed by atoms with Gasteiger partial charge in [0.2, 0.25) is 0 Å². The fourth-order valence-corrected chi connectivity index (χ4v) is 5.36. The average Bonchev–Trinajstić information content (AvgIpc) is 3.41. The summed E-state index contributed by atoms with van der Waals surface area (Å²) in [6.45, 7) is 6.18. The Balaban J connectivity index is 1.08. The molecule has 1 aromatic carbocycles. The standard InChI is InChI=1S/C30H35ClN4O3S/c1-21(34-29(36)23-12-13-32-24(17-23)5-4-16-35-14-2-3-15-35)6-10-26-19-33-30(39-26)38-28-11-9-25(18-27(28)31)37-20-22-7-8-22/h6,9-13,17-19,21-22H,2-5,7-8,14-16,20H2,1H3,(H,34,36)/b10-6+/t21-/m0/s1. The van der Waals surface area contributed by atoms with Gasteiger partial charge in [0.05, 0.1) is 16.5 Å². The Labute approximate surface area is 239 Å². The van der Waals surface area contributed by atoms with Gasteiger partial charge in [0, 0.05) is 35.8 Å². The maximum atomic E-state index is 12.8. The van der Waals surface area contributed by atoms with Crippen molar-refractivity contribution in [2.75, 3.05) is 26.2 Å². The number of aromatic nitrogens is 2. The molecule has 5 rings (SSSR count). The van der Waals surface area contributed by atoms with E-state index in [4.69, 9.17) is 21.1 Å². The van der Waals surface area contributed by atoms with E-state index in [1.165, 1.54) is 50.1 Å². The number of likely N-dealkylation sites (tertiary alicyclic amines) is 1. The predicted octanol–water partition coefficient (Wildman–Crippen LogP) is 6.63. The van der Waals surface area contributed by atoms with Crippen LogP contribution in [0.25, 0.3) is 6.08 Å². The molecule has 206 valence electrons.